The molecule has 1 aromatic carbocycles. The molecule has 3 unspecified atom stereocenters. The third-order valence-electron chi connectivity index (χ3n) is 4.03. The Morgan fingerprint density at radius 1 is 1.32 bits per heavy atom. The first-order chi connectivity index (χ1) is 9.08. The van der Waals surface area contributed by atoms with Crippen molar-refractivity contribution in [2.24, 2.45) is 11.7 Å². The number of nitrogens with two attached hydrogens (primary N) is 1. The minimum atomic E-state index is 0.335. The van der Waals surface area contributed by atoms with E-state index >= 15 is 0 Å². The van der Waals surface area contributed by atoms with Crippen LogP contribution in [0, 0.1) is 5.92 Å². The van der Waals surface area contributed by atoms with Gasteiger partial charge in [-0.1, -0.05) is 19.1 Å². The van der Waals surface area contributed by atoms with Crippen LogP contribution in [0.25, 0.3) is 0 Å². The van der Waals surface area contributed by atoms with Crippen molar-refractivity contribution in [3.63, 3.8) is 0 Å². The monoisotopic (exact) mass is 262 g/mol. The van der Waals surface area contributed by atoms with Crippen molar-refractivity contribution >= 4 is 0 Å². The number of piperidine rings is 1. The minimum Gasteiger partial charge on any atom is -0.497 e. The molecule has 1 aliphatic heterocycles. The molecule has 2 N–H and O–H groups in total. The van der Waals surface area contributed by atoms with Gasteiger partial charge in [0.15, 0.2) is 0 Å². The first-order valence-corrected chi connectivity index (χ1v) is 7.21. The van der Waals surface area contributed by atoms with Crippen molar-refractivity contribution in [3.8, 4) is 5.75 Å². The second-order valence-corrected chi connectivity index (χ2v) is 5.96. The average molecular weight is 262 g/mol. The van der Waals surface area contributed by atoms with Crippen LogP contribution in [0.3, 0.4) is 0 Å². The fraction of sp³-hybridized carbons (Fsp3) is 0.625. The molecule has 19 heavy (non-hydrogen) atoms. The maximum absolute atomic E-state index is 6.13. The summed E-state index contributed by atoms with van der Waals surface area (Å²) < 4.78 is 5.19. The van der Waals surface area contributed by atoms with Crippen LogP contribution in [-0.2, 0) is 6.42 Å². The predicted molar refractivity (Wildman–Crippen MR) is 79.5 cm³/mol. The summed E-state index contributed by atoms with van der Waals surface area (Å²) in [5.74, 6) is 1.63. The van der Waals surface area contributed by atoms with Crippen molar-refractivity contribution in [3.05, 3.63) is 29.8 Å². The summed E-state index contributed by atoms with van der Waals surface area (Å²) >= 11 is 0. The summed E-state index contributed by atoms with van der Waals surface area (Å²) in [7, 11) is 1.70. The van der Waals surface area contributed by atoms with Gasteiger partial charge in [-0.05, 0) is 43.4 Å². The van der Waals surface area contributed by atoms with Gasteiger partial charge in [0.25, 0.3) is 0 Å². The Kier molecular flexibility index (Phi) is 4.83. The molecule has 0 bridgehead atoms. The fourth-order valence-electron chi connectivity index (χ4n) is 3.03. The van der Waals surface area contributed by atoms with Crippen LogP contribution in [0.15, 0.2) is 24.3 Å². The highest BCUT2D eigenvalue weighted by atomic mass is 16.5. The van der Waals surface area contributed by atoms with E-state index in [4.69, 9.17) is 10.5 Å². The number of methoxy groups -OCH3 is 1. The zero-order valence-corrected chi connectivity index (χ0v) is 12.3. The molecule has 0 radical (unpaired) electrons. The number of nitrogens with zero attached hydrogens (tertiary/aromatic N) is 1. The van der Waals surface area contributed by atoms with Crippen molar-refractivity contribution < 1.29 is 4.74 Å². The van der Waals surface area contributed by atoms with Crippen molar-refractivity contribution in [1.82, 2.24) is 4.90 Å². The molecule has 1 heterocycles. The molecule has 106 valence electrons. The largest absolute Gasteiger partial charge is 0.497 e. The number of hydrogen-bond donors (Lipinski definition) is 1. The molecule has 1 aliphatic rings. The molecular formula is C16H26N2O. The third-order valence-corrected chi connectivity index (χ3v) is 4.03. The highest BCUT2D eigenvalue weighted by molar-refractivity contribution is 5.27. The molecule has 3 atom stereocenters. The summed E-state index contributed by atoms with van der Waals surface area (Å²) in [6.45, 7) is 6.80. The van der Waals surface area contributed by atoms with E-state index in [1.807, 2.05) is 12.1 Å². The van der Waals surface area contributed by atoms with Gasteiger partial charge in [0.2, 0.25) is 0 Å². The van der Waals surface area contributed by atoms with Gasteiger partial charge in [0, 0.05) is 25.2 Å². The molecule has 0 spiro atoms. The van der Waals surface area contributed by atoms with E-state index in [2.05, 4.69) is 30.9 Å². The van der Waals surface area contributed by atoms with E-state index in [0.717, 1.165) is 25.1 Å². The maximum Gasteiger partial charge on any atom is 0.118 e. The molecule has 1 saturated heterocycles. The van der Waals surface area contributed by atoms with Gasteiger partial charge >= 0.3 is 0 Å². The third kappa shape index (κ3) is 3.95. The van der Waals surface area contributed by atoms with Crippen LogP contribution in [0.5, 0.6) is 5.75 Å². The van der Waals surface area contributed by atoms with Crippen LogP contribution in [0.1, 0.15) is 25.8 Å². The lowest BCUT2D eigenvalue weighted by Crippen LogP contribution is -2.50. The quantitative estimate of drug-likeness (QED) is 0.905. The van der Waals surface area contributed by atoms with Gasteiger partial charge in [0.05, 0.1) is 7.11 Å². The van der Waals surface area contributed by atoms with E-state index in [0.29, 0.717) is 18.0 Å². The zero-order chi connectivity index (χ0) is 13.8. The first kappa shape index (κ1) is 14.4. The van der Waals surface area contributed by atoms with E-state index in [1.54, 1.807) is 7.11 Å². The highest BCUT2D eigenvalue weighted by Gasteiger charge is 2.25. The van der Waals surface area contributed by atoms with E-state index < -0.39 is 0 Å². The molecule has 2 rings (SSSR count). The SMILES string of the molecule is COc1ccc(CC(C)N2CC(C)CC(N)C2)cc1. The van der Waals surface area contributed by atoms with Crippen LogP contribution < -0.4 is 10.5 Å². The summed E-state index contributed by atoms with van der Waals surface area (Å²) in [5.41, 5.74) is 7.49. The summed E-state index contributed by atoms with van der Waals surface area (Å²) in [6, 6.07) is 9.26. The second kappa shape index (κ2) is 6.40. The smallest absolute Gasteiger partial charge is 0.118 e. The van der Waals surface area contributed by atoms with E-state index in [1.165, 1.54) is 12.1 Å². The lowest BCUT2D eigenvalue weighted by atomic mass is 9.94. The first-order valence-electron chi connectivity index (χ1n) is 7.21. The Morgan fingerprint density at radius 2 is 2.00 bits per heavy atom. The van der Waals surface area contributed by atoms with Gasteiger partial charge in [-0.25, -0.2) is 0 Å². The lowest BCUT2D eigenvalue weighted by molar-refractivity contribution is 0.123. The van der Waals surface area contributed by atoms with Crippen molar-refractivity contribution in [2.45, 2.75) is 38.8 Å². The molecule has 1 fully saturated rings. The van der Waals surface area contributed by atoms with Gasteiger partial charge in [-0.2, -0.15) is 0 Å². The van der Waals surface area contributed by atoms with Crippen LogP contribution >= 0.6 is 0 Å². The van der Waals surface area contributed by atoms with Crippen LogP contribution in [0.2, 0.25) is 0 Å². The van der Waals surface area contributed by atoms with Gasteiger partial charge in [-0.15, -0.1) is 0 Å². The van der Waals surface area contributed by atoms with E-state index in [9.17, 15) is 0 Å². The van der Waals surface area contributed by atoms with Crippen molar-refractivity contribution in [1.29, 1.82) is 0 Å². The highest BCUT2D eigenvalue weighted by Crippen LogP contribution is 2.20. The zero-order valence-electron chi connectivity index (χ0n) is 12.3. The molecule has 1 aromatic rings. The van der Waals surface area contributed by atoms with Crippen LogP contribution in [0.4, 0.5) is 0 Å². The molecule has 0 saturated carbocycles. The Labute approximate surface area is 116 Å². The summed E-state index contributed by atoms with van der Waals surface area (Å²) in [6.07, 6.45) is 2.23. The van der Waals surface area contributed by atoms with Gasteiger partial charge in [-0.3, -0.25) is 4.90 Å². The van der Waals surface area contributed by atoms with Gasteiger partial charge in [0.1, 0.15) is 5.75 Å². The van der Waals surface area contributed by atoms with E-state index in [-0.39, 0.29) is 0 Å². The maximum atomic E-state index is 6.13. The topological polar surface area (TPSA) is 38.5 Å². The molecular weight excluding hydrogens is 236 g/mol. The Bertz CT molecular complexity index is 380. The molecule has 3 nitrogen and oxygen atoms in total. The summed E-state index contributed by atoms with van der Waals surface area (Å²) in [5, 5.41) is 0. The Morgan fingerprint density at radius 3 is 2.58 bits per heavy atom. The fourth-order valence-corrected chi connectivity index (χ4v) is 3.03. The van der Waals surface area contributed by atoms with Gasteiger partial charge < -0.3 is 10.5 Å². The second-order valence-electron chi connectivity index (χ2n) is 5.96. The molecule has 0 amide bonds. The summed E-state index contributed by atoms with van der Waals surface area (Å²) in [4.78, 5) is 2.53. The number of benzene rings is 1. The number of rotatable bonds is 4. The standard InChI is InChI=1S/C16H26N2O/c1-12-8-15(17)11-18(10-12)13(2)9-14-4-6-16(19-3)7-5-14/h4-7,12-13,15H,8-11,17H2,1-3H3. The van der Waals surface area contributed by atoms with Crippen LogP contribution in [-0.4, -0.2) is 37.2 Å². The average Bonchev–Trinajstić information content (AvgIpc) is 2.38. The molecule has 0 aliphatic carbocycles. The normalized spacial score (nSPS) is 26.1. The molecule has 3 heteroatoms. The number of likely N-dealkylation sites (tertiary alicyclic amines) is 1. The minimum absolute atomic E-state index is 0.335. The lowest BCUT2D eigenvalue weighted by Gasteiger charge is -2.38. The number of ether oxygens (including phenoxy) is 1. The number of hydrogen-bond acceptors (Lipinski definition) is 3. The Balaban J connectivity index is 1.93. The van der Waals surface area contributed by atoms with Crippen molar-refractivity contribution in [2.75, 3.05) is 20.2 Å². The Hall–Kier alpha value is -1.06. The molecule has 0 aromatic heterocycles. The predicted octanol–water partition coefficient (Wildman–Crippen LogP) is 2.30.